The Kier molecular flexibility index (Phi) is 5.44. The van der Waals surface area contributed by atoms with Crippen molar-refractivity contribution in [3.05, 3.63) is 11.9 Å². The van der Waals surface area contributed by atoms with Crippen LogP contribution in [0, 0.1) is 0 Å². The molecule has 1 rings (SSSR count). The van der Waals surface area contributed by atoms with E-state index in [9.17, 15) is 4.79 Å². The number of aromatic nitrogens is 3. The molecule has 3 N–H and O–H groups in total. The van der Waals surface area contributed by atoms with Gasteiger partial charge in [0.2, 0.25) is 5.91 Å². The summed E-state index contributed by atoms with van der Waals surface area (Å²) >= 11 is 0. The smallest absolute Gasteiger partial charge is 0.241 e. The molecule has 1 aromatic heterocycles. The number of nitrogens with zero attached hydrogens (tertiary/aromatic N) is 3. The zero-order valence-electron chi connectivity index (χ0n) is 9.35. The summed E-state index contributed by atoms with van der Waals surface area (Å²) in [6.45, 7) is 1.74. The largest absolute Gasteiger partial charge is 0.385 e. The van der Waals surface area contributed by atoms with Crippen molar-refractivity contribution in [1.29, 1.82) is 0 Å². The van der Waals surface area contributed by atoms with Crippen LogP contribution in [-0.4, -0.2) is 41.2 Å². The second-order valence-electron chi connectivity index (χ2n) is 3.31. The Hall–Kier alpha value is -1.47. The van der Waals surface area contributed by atoms with E-state index >= 15 is 0 Å². The number of ether oxygens (including phenoxy) is 1. The highest BCUT2D eigenvalue weighted by atomic mass is 16.5. The summed E-state index contributed by atoms with van der Waals surface area (Å²) in [4.78, 5) is 11.4. The van der Waals surface area contributed by atoms with Crippen molar-refractivity contribution >= 4 is 5.91 Å². The minimum absolute atomic E-state index is 0.0930. The molecule has 0 aliphatic heterocycles. The average molecular weight is 227 g/mol. The monoisotopic (exact) mass is 227 g/mol. The van der Waals surface area contributed by atoms with Gasteiger partial charge in [-0.2, -0.15) is 0 Å². The third-order valence-corrected chi connectivity index (χ3v) is 1.95. The molecule has 1 heterocycles. The van der Waals surface area contributed by atoms with Gasteiger partial charge in [0, 0.05) is 26.8 Å². The molecule has 1 amide bonds. The second kappa shape index (κ2) is 6.91. The first-order valence-corrected chi connectivity index (χ1v) is 5.11. The molecule has 7 nitrogen and oxygen atoms in total. The molecule has 0 aliphatic carbocycles. The van der Waals surface area contributed by atoms with Crippen LogP contribution < -0.4 is 11.1 Å². The van der Waals surface area contributed by atoms with E-state index in [1.54, 1.807) is 13.3 Å². The number of hydrogen-bond donors (Lipinski definition) is 2. The topological polar surface area (TPSA) is 95.1 Å². The Morgan fingerprint density at radius 1 is 1.69 bits per heavy atom. The van der Waals surface area contributed by atoms with E-state index < -0.39 is 0 Å². The molecule has 1 aromatic rings. The lowest BCUT2D eigenvalue weighted by Gasteiger charge is -2.03. The molecule has 0 unspecified atom stereocenters. The van der Waals surface area contributed by atoms with Crippen molar-refractivity contribution in [3.63, 3.8) is 0 Å². The predicted molar refractivity (Wildman–Crippen MR) is 57.4 cm³/mol. The molecule has 0 aliphatic rings. The van der Waals surface area contributed by atoms with Gasteiger partial charge in [-0.25, -0.2) is 4.68 Å². The highest BCUT2D eigenvalue weighted by molar-refractivity contribution is 5.75. The fourth-order valence-corrected chi connectivity index (χ4v) is 1.16. The van der Waals surface area contributed by atoms with Gasteiger partial charge in [0.15, 0.2) is 0 Å². The Balaban J connectivity index is 2.23. The van der Waals surface area contributed by atoms with Gasteiger partial charge in [-0.1, -0.05) is 5.21 Å². The fourth-order valence-electron chi connectivity index (χ4n) is 1.16. The van der Waals surface area contributed by atoms with E-state index in [0.29, 0.717) is 25.4 Å². The van der Waals surface area contributed by atoms with Crippen LogP contribution in [-0.2, 0) is 22.6 Å². The number of nitrogens with two attached hydrogens (primary N) is 1. The van der Waals surface area contributed by atoms with E-state index in [-0.39, 0.29) is 12.5 Å². The predicted octanol–water partition coefficient (Wildman–Crippen LogP) is -1.11. The minimum Gasteiger partial charge on any atom is -0.385 e. The van der Waals surface area contributed by atoms with Gasteiger partial charge in [0.05, 0.1) is 11.9 Å². The van der Waals surface area contributed by atoms with Crippen molar-refractivity contribution in [1.82, 2.24) is 20.3 Å². The third kappa shape index (κ3) is 4.37. The Morgan fingerprint density at radius 3 is 3.12 bits per heavy atom. The summed E-state index contributed by atoms with van der Waals surface area (Å²) in [6.07, 6.45) is 2.46. The number of rotatable bonds is 7. The van der Waals surface area contributed by atoms with Crippen molar-refractivity contribution in [2.75, 3.05) is 20.3 Å². The minimum atomic E-state index is -0.0930. The van der Waals surface area contributed by atoms with Crippen LogP contribution in [0.25, 0.3) is 0 Å². The van der Waals surface area contributed by atoms with Crippen LogP contribution >= 0.6 is 0 Å². The first-order chi connectivity index (χ1) is 7.76. The van der Waals surface area contributed by atoms with E-state index in [4.69, 9.17) is 10.5 Å². The lowest BCUT2D eigenvalue weighted by atomic mass is 10.4. The maximum absolute atomic E-state index is 11.4. The lowest BCUT2D eigenvalue weighted by Crippen LogP contribution is -2.29. The maximum Gasteiger partial charge on any atom is 0.241 e. The molecule has 90 valence electrons. The molecular formula is C9H17N5O2. The van der Waals surface area contributed by atoms with Crippen LogP contribution in [0.2, 0.25) is 0 Å². The van der Waals surface area contributed by atoms with Gasteiger partial charge in [-0.05, 0) is 6.42 Å². The van der Waals surface area contributed by atoms with Crippen LogP contribution in [0.15, 0.2) is 6.20 Å². The van der Waals surface area contributed by atoms with E-state index in [1.807, 2.05) is 0 Å². The number of carbonyl (C=O) groups is 1. The number of carbonyl (C=O) groups excluding carboxylic acids is 1. The van der Waals surface area contributed by atoms with Gasteiger partial charge < -0.3 is 15.8 Å². The van der Waals surface area contributed by atoms with Gasteiger partial charge >= 0.3 is 0 Å². The van der Waals surface area contributed by atoms with E-state index in [0.717, 1.165) is 6.42 Å². The second-order valence-corrected chi connectivity index (χ2v) is 3.31. The van der Waals surface area contributed by atoms with Gasteiger partial charge in [0.25, 0.3) is 0 Å². The van der Waals surface area contributed by atoms with Crippen LogP contribution in [0.5, 0.6) is 0 Å². The normalized spacial score (nSPS) is 10.4. The third-order valence-electron chi connectivity index (χ3n) is 1.95. The molecule has 0 saturated heterocycles. The molecule has 16 heavy (non-hydrogen) atoms. The number of methoxy groups -OCH3 is 1. The first-order valence-electron chi connectivity index (χ1n) is 5.11. The van der Waals surface area contributed by atoms with Crippen LogP contribution in [0.1, 0.15) is 12.1 Å². The van der Waals surface area contributed by atoms with Crippen molar-refractivity contribution in [3.8, 4) is 0 Å². The molecule has 7 heteroatoms. The van der Waals surface area contributed by atoms with Crippen molar-refractivity contribution < 1.29 is 9.53 Å². The van der Waals surface area contributed by atoms with E-state index in [2.05, 4.69) is 15.6 Å². The highest BCUT2D eigenvalue weighted by Crippen LogP contribution is 1.90. The molecule has 0 atom stereocenters. The van der Waals surface area contributed by atoms with Crippen molar-refractivity contribution in [2.24, 2.45) is 5.73 Å². The van der Waals surface area contributed by atoms with Gasteiger partial charge in [0.1, 0.15) is 6.54 Å². The maximum atomic E-state index is 11.4. The standard InChI is InChI=1S/C9H17N5O2/c1-16-4-2-3-11-9(15)7-14-6-8(5-10)12-13-14/h6H,2-5,7,10H2,1H3,(H,11,15). The van der Waals surface area contributed by atoms with Gasteiger partial charge in [-0.3, -0.25) is 4.79 Å². The molecule has 0 saturated carbocycles. The van der Waals surface area contributed by atoms with Gasteiger partial charge in [-0.15, -0.1) is 5.10 Å². The summed E-state index contributed by atoms with van der Waals surface area (Å²) in [5, 5.41) is 10.3. The molecule has 0 spiro atoms. The summed E-state index contributed by atoms with van der Waals surface area (Å²) in [5.74, 6) is -0.0930. The zero-order valence-corrected chi connectivity index (χ0v) is 9.35. The molecule has 0 radical (unpaired) electrons. The summed E-state index contributed by atoms with van der Waals surface area (Å²) < 4.78 is 6.33. The van der Waals surface area contributed by atoms with Crippen LogP contribution in [0.4, 0.5) is 0 Å². The molecule has 0 aromatic carbocycles. The summed E-state index contributed by atoms with van der Waals surface area (Å²) in [7, 11) is 1.63. The zero-order chi connectivity index (χ0) is 11.8. The SMILES string of the molecule is COCCCNC(=O)Cn1cc(CN)nn1. The Labute approximate surface area is 93.9 Å². The van der Waals surface area contributed by atoms with Crippen LogP contribution in [0.3, 0.4) is 0 Å². The summed E-state index contributed by atoms with van der Waals surface area (Å²) in [5.41, 5.74) is 6.05. The number of amides is 1. The Morgan fingerprint density at radius 2 is 2.50 bits per heavy atom. The van der Waals surface area contributed by atoms with E-state index in [1.165, 1.54) is 4.68 Å². The fraction of sp³-hybridized carbons (Fsp3) is 0.667. The molecule has 0 bridgehead atoms. The highest BCUT2D eigenvalue weighted by Gasteiger charge is 2.04. The average Bonchev–Trinajstić information content (AvgIpc) is 2.72. The molecular weight excluding hydrogens is 210 g/mol. The molecule has 0 fully saturated rings. The quantitative estimate of drug-likeness (QED) is 0.576. The number of nitrogens with one attached hydrogen (secondary N) is 1. The Bertz CT molecular complexity index is 325. The number of hydrogen-bond acceptors (Lipinski definition) is 5. The summed E-state index contributed by atoms with van der Waals surface area (Å²) in [6, 6.07) is 0. The van der Waals surface area contributed by atoms with Crippen molar-refractivity contribution in [2.45, 2.75) is 19.5 Å². The lowest BCUT2D eigenvalue weighted by molar-refractivity contribution is -0.121. The first kappa shape index (κ1) is 12.6.